The van der Waals surface area contributed by atoms with E-state index in [2.05, 4.69) is 5.32 Å². The van der Waals surface area contributed by atoms with Crippen LogP contribution in [-0.4, -0.2) is 18.4 Å². The number of fused-ring (bicyclic) bond motifs is 1. The maximum Gasteiger partial charge on any atom is 0.316 e. The summed E-state index contributed by atoms with van der Waals surface area (Å²) in [7, 11) is 0. The number of para-hydroxylation sites is 1. The summed E-state index contributed by atoms with van der Waals surface area (Å²) in [5.74, 6) is -1.24. The summed E-state index contributed by atoms with van der Waals surface area (Å²) >= 11 is 0. The minimum absolute atomic E-state index is 0.438. The van der Waals surface area contributed by atoms with Crippen molar-refractivity contribution in [3.05, 3.63) is 53.6 Å². The van der Waals surface area contributed by atoms with E-state index in [9.17, 15) is 9.59 Å². The number of hydrogen-bond acceptors (Lipinski definition) is 3. The molecule has 22 heavy (non-hydrogen) atoms. The van der Waals surface area contributed by atoms with Gasteiger partial charge in [-0.2, -0.15) is 0 Å². The lowest BCUT2D eigenvalue weighted by atomic mass is 10.2. The fourth-order valence-corrected chi connectivity index (χ4v) is 2.63. The number of benzene rings is 2. The normalized spacial score (nSPS) is 12.9. The van der Waals surface area contributed by atoms with Crippen LogP contribution in [0.5, 0.6) is 0 Å². The quantitative estimate of drug-likeness (QED) is 0.625. The van der Waals surface area contributed by atoms with Gasteiger partial charge in [0.05, 0.1) is 11.4 Å². The van der Waals surface area contributed by atoms with Gasteiger partial charge in [0.15, 0.2) is 0 Å². The molecule has 0 saturated heterocycles. The molecule has 0 bridgehead atoms. The second kappa shape index (κ2) is 5.52. The monoisotopic (exact) mass is 295 g/mol. The van der Waals surface area contributed by atoms with Gasteiger partial charge in [0, 0.05) is 12.2 Å². The van der Waals surface area contributed by atoms with Crippen LogP contribution in [0.1, 0.15) is 11.1 Å². The van der Waals surface area contributed by atoms with Gasteiger partial charge in [-0.3, -0.25) is 9.59 Å². The number of nitrogens with one attached hydrogen (secondary N) is 1. The third-order valence-corrected chi connectivity index (χ3v) is 3.78. The molecule has 0 radical (unpaired) electrons. The third kappa shape index (κ3) is 2.53. The second-order valence-electron chi connectivity index (χ2n) is 5.38. The van der Waals surface area contributed by atoms with Crippen LogP contribution in [0.15, 0.2) is 42.5 Å². The summed E-state index contributed by atoms with van der Waals surface area (Å²) in [6.07, 6.45) is 0.766. The van der Waals surface area contributed by atoms with Gasteiger partial charge >= 0.3 is 11.8 Å². The van der Waals surface area contributed by atoms with Gasteiger partial charge in [0.2, 0.25) is 0 Å². The Kier molecular flexibility index (Phi) is 3.55. The predicted octanol–water partition coefficient (Wildman–Crippen LogP) is 2.11. The number of nitrogens with two attached hydrogens (primary N) is 1. The number of nitrogens with zero attached hydrogens (tertiary/aromatic N) is 1. The average molecular weight is 295 g/mol. The first-order valence-electron chi connectivity index (χ1n) is 7.13. The molecule has 1 aliphatic heterocycles. The largest absolute Gasteiger partial charge is 0.397 e. The molecule has 0 spiro atoms. The van der Waals surface area contributed by atoms with Crippen molar-refractivity contribution in [3.63, 3.8) is 0 Å². The molecule has 2 aromatic rings. The molecule has 0 fully saturated rings. The molecule has 112 valence electrons. The van der Waals surface area contributed by atoms with Gasteiger partial charge in [-0.25, -0.2) is 0 Å². The predicted molar refractivity (Wildman–Crippen MR) is 86.7 cm³/mol. The lowest BCUT2D eigenvalue weighted by molar-refractivity contribution is -0.134. The molecular formula is C17H17N3O2. The highest BCUT2D eigenvalue weighted by Crippen LogP contribution is 2.28. The molecule has 0 aromatic heterocycles. The first-order valence-corrected chi connectivity index (χ1v) is 7.13. The van der Waals surface area contributed by atoms with Crippen LogP contribution >= 0.6 is 0 Å². The Morgan fingerprint density at radius 1 is 1.18 bits per heavy atom. The Balaban J connectivity index is 1.79. The van der Waals surface area contributed by atoms with E-state index in [0.29, 0.717) is 17.9 Å². The highest BCUT2D eigenvalue weighted by atomic mass is 16.2. The molecule has 0 saturated carbocycles. The molecule has 5 nitrogen and oxygen atoms in total. The van der Waals surface area contributed by atoms with E-state index in [4.69, 9.17) is 5.73 Å². The van der Waals surface area contributed by atoms with E-state index in [0.717, 1.165) is 23.2 Å². The Hall–Kier alpha value is -2.82. The number of carbonyl (C=O) groups is 2. The van der Waals surface area contributed by atoms with Crippen molar-refractivity contribution in [1.82, 2.24) is 0 Å². The van der Waals surface area contributed by atoms with Crippen LogP contribution in [0, 0.1) is 6.92 Å². The fraction of sp³-hybridized carbons (Fsp3) is 0.176. The van der Waals surface area contributed by atoms with Gasteiger partial charge < -0.3 is 16.0 Å². The van der Waals surface area contributed by atoms with E-state index < -0.39 is 11.8 Å². The molecule has 0 unspecified atom stereocenters. The lowest BCUT2D eigenvalue weighted by Crippen LogP contribution is -2.38. The van der Waals surface area contributed by atoms with Crippen molar-refractivity contribution in [2.75, 3.05) is 22.5 Å². The first-order chi connectivity index (χ1) is 10.6. The van der Waals surface area contributed by atoms with Crippen molar-refractivity contribution in [2.45, 2.75) is 13.3 Å². The van der Waals surface area contributed by atoms with E-state index in [1.807, 2.05) is 37.3 Å². The third-order valence-electron chi connectivity index (χ3n) is 3.78. The van der Waals surface area contributed by atoms with Crippen molar-refractivity contribution >= 4 is 28.9 Å². The Morgan fingerprint density at radius 3 is 2.77 bits per heavy atom. The molecule has 2 aromatic carbocycles. The topological polar surface area (TPSA) is 75.4 Å². The van der Waals surface area contributed by atoms with Gasteiger partial charge in [-0.05, 0) is 42.7 Å². The maximum absolute atomic E-state index is 12.4. The number of rotatable bonds is 1. The first kappa shape index (κ1) is 14.1. The standard InChI is InChI=1S/C17H17N3O2/c1-11-6-7-13(18)14(10-11)19-16(21)17(22)20-9-8-12-4-2-3-5-15(12)20/h2-7,10H,8-9,18H2,1H3,(H,19,21). The van der Waals surface area contributed by atoms with Crippen molar-refractivity contribution < 1.29 is 9.59 Å². The fourth-order valence-electron chi connectivity index (χ4n) is 2.63. The molecule has 3 N–H and O–H groups in total. The zero-order valence-corrected chi connectivity index (χ0v) is 12.3. The number of anilines is 3. The van der Waals surface area contributed by atoms with Crippen LogP contribution in [0.3, 0.4) is 0 Å². The van der Waals surface area contributed by atoms with Crippen LogP contribution < -0.4 is 16.0 Å². The maximum atomic E-state index is 12.4. The molecular weight excluding hydrogens is 278 g/mol. The van der Waals surface area contributed by atoms with Gasteiger partial charge in [-0.15, -0.1) is 0 Å². The number of hydrogen-bond donors (Lipinski definition) is 2. The zero-order valence-electron chi connectivity index (χ0n) is 12.3. The van der Waals surface area contributed by atoms with E-state index in [1.54, 1.807) is 12.1 Å². The second-order valence-corrected chi connectivity index (χ2v) is 5.38. The van der Waals surface area contributed by atoms with E-state index >= 15 is 0 Å². The Labute approximate surface area is 128 Å². The summed E-state index contributed by atoms with van der Waals surface area (Å²) in [5, 5.41) is 2.60. The summed E-state index contributed by atoms with van der Waals surface area (Å²) in [5.41, 5.74) is 9.58. The van der Waals surface area contributed by atoms with E-state index in [1.165, 1.54) is 4.90 Å². The Bertz CT molecular complexity index is 755. The van der Waals surface area contributed by atoms with Crippen LogP contribution in [-0.2, 0) is 16.0 Å². The van der Waals surface area contributed by atoms with Gasteiger partial charge in [0.1, 0.15) is 0 Å². The van der Waals surface area contributed by atoms with Crippen molar-refractivity contribution in [3.8, 4) is 0 Å². The Morgan fingerprint density at radius 2 is 1.95 bits per heavy atom. The minimum Gasteiger partial charge on any atom is -0.397 e. The molecule has 1 heterocycles. The molecule has 1 aliphatic rings. The number of nitrogen functional groups attached to an aromatic ring is 1. The summed E-state index contributed by atoms with van der Waals surface area (Å²) in [6.45, 7) is 2.42. The van der Waals surface area contributed by atoms with Crippen LogP contribution in [0.25, 0.3) is 0 Å². The number of aryl methyl sites for hydroxylation is 1. The average Bonchev–Trinajstić information content (AvgIpc) is 2.94. The van der Waals surface area contributed by atoms with E-state index in [-0.39, 0.29) is 0 Å². The number of carbonyl (C=O) groups excluding carboxylic acids is 2. The highest BCUT2D eigenvalue weighted by molar-refractivity contribution is 6.44. The molecule has 2 amide bonds. The summed E-state index contributed by atoms with van der Waals surface area (Å²) in [4.78, 5) is 26.1. The van der Waals surface area contributed by atoms with Gasteiger partial charge in [0.25, 0.3) is 0 Å². The summed E-state index contributed by atoms with van der Waals surface area (Å²) in [6, 6.07) is 12.9. The molecule has 0 atom stereocenters. The van der Waals surface area contributed by atoms with Gasteiger partial charge in [-0.1, -0.05) is 24.3 Å². The van der Waals surface area contributed by atoms with Crippen LogP contribution in [0.4, 0.5) is 17.1 Å². The molecule has 0 aliphatic carbocycles. The minimum atomic E-state index is -0.672. The van der Waals surface area contributed by atoms with Crippen LogP contribution in [0.2, 0.25) is 0 Å². The molecule has 3 rings (SSSR count). The number of amides is 2. The van der Waals surface area contributed by atoms with Crippen molar-refractivity contribution in [1.29, 1.82) is 0 Å². The van der Waals surface area contributed by atoms with Crippen molar-refractivity contribution in [2.24, 2.45) is 0 Å². The highest BCUT2D eigenvalue weighted by Gasteiger charge is 2.29. The SMILES string of the molecule is Cc1ccc(N)c(NC(=O)C(=O)N2CCc3ccccc32)c1. The zero-order chi connectivity index (χ0) is 15.7. The molecule has 5 heteroatoms. The smallest absolute Gasteiger partial charge is 0.316 e. The summed E-state index contributed by atoms with van der Waals surface area (Å²) < 4.78 is 0. The lowest BCUT2D eigenvalue weighted by Gasteiger charge is -2.17.